The van der Waals surface area contributed by atoms with Crippen LogP contribution in [0.25, 0.3) is 0 Å². The summed E-state index contributed by atoms with van der Waals surface area (Å²) in [7, 11) is 2.17. The minimum atomic E-state index is -0.699. The fourth-order valence-electron chi connectivity index (χ4n) is 1.81. The van der Waals surface area contributed by atoms with Gasteiger partial charge in [-0.3, -0.25) is 4.90 Å². The summed E-state index contributed by atoms with van der Waals surface area (Å²) in [5, 5.41) is 13.5. The van der Waals surface area contributed by atoms with Crippen LogP contribution in [0.3, 0.4) is 0 Å². The number of rotatable bonds is 5. The molecule has 0 bridgehead atoms. The highest BCUT2D eigenvalue weighted by molar-refractivity contribution is 4.93. The second kappa shape index (κ2) is 5.65. The van der Waals surface area contributed by atoms with Crippen molar-refractivity contribution in [2.24, 2.45) is 0 Å². The molecule has 102 valence electrons. The van der Waals surface area contributed by atoms with Gasteiger partial charge in [0.25, 0.3) is 0 Å². The maximum Gasteiger partial charge on any atom is 0.0767 e. The summed E-state index contributed by atoms with van der Waals surface area (Å²) in [6, 6.07) is 0. The van der Waals surface area contributed by atoms with E-state index in [1.807, 2.05) is 13.8 Å². The Morgan fingerprint density at radius 3 is 2.06 bits per heavy atom. The summed E-state index contributed by atoms with van der Waals surface area (Å²) in [5.41, 5.74) is -0.950. The molecule has 0 spiro atoms. The Labute approximate surface area is 106 Å². The SMILES string of the molecule is CN1CCN(CCNC(C)(C)C(C)(C)O)CC1. The van der Waals surface area contributed by atoms with Crippen LogP contribution in [0.5, 0.6) is 0 Å². The molecule has 0 aromatic rings. The van der Waals surface area contributed by atoms with Crippen LogP contribution in [-0.2, 0) is 0 Å². The van der Waals surface area contributed by atoms with Crippen molar-refractivity contribution in [3.63, 3.8) is 0 Å². The third-order valence-corrected chi connectivity index (χ3v) is 4.12. The third-order valence-electron chi connectivity index (χ3n) is 4.12. The number of aliphatic hydroxyl groups is 1. The predicted octanol–water partition coefficient (Wildman–Crippen LogP) is 0.373. The van der Waals surface area contributed by atoms with Crippen molar-refractivity contribution in [1.82, 2.24) is 15.1 Å². The van der Waals surface area contributed by atoms with E-state index in [4.69, 9.17) is 0 Å². The molecule has 17 heavy (non-hydrogen) atoms. The standard InChI is InChI=1S/C13H29N3O/c1-12(2,13(3,4)17)14-6-7-16-10-8-15(5)9-11-16/h14,17H,6-11H2,1-5H3. The largest absolute Gasteiger partial charge is 0.389 e. The molecule has 1 aliphatic heterocycles. The molecule has 0 atom stereocenters. The van der Waals surface area contributed by atoms with Crippen molar-refractivity contribution in [2.45, 2.75) is 38.8 Å². The van der Waals surface area contributed by atoms with Gasteiger partial charge in [-0.25, -0.2) is 0 Å². The molecule has 1 aliphatic rings. The van der Waals surface area contributed by atoms with E-state index in [-0.39, 0.29) is 5.54 Å². The molecule has 0 radical (unpaired) electrons. The minimum Gasteiger partial charge on any atom is -0.389 e. The number of nitrogens with zero attached hydrogens (tertiary/aromatic N) is 2. The maximum atomic E-state index is 10.0. The van der Waals surface area contributed by atoms with Crippen molar-refractivity contribution < 1.29 is 5.11 Å². The van der Waals surface area contributed by atoms with Crippen LogP contribution in [0, 0.1) is 0 Å². The maximum absolute atomic E-state index is 10.0. The molecule has 1 fully saturated rings. The quantitative estimate of drug-likeness (QED) is 0.732. The van der Waals surface area contributed by atoms with E-state index in [0.717, 1.165) is 39.3 Å². The van der Waals surface area contributed by atoms with Crippen LogP contribution in [-0.4, -0.2) is 72.4 Å². The first-order valence-electron chi connectivity index (χ1n) is 6.61. The van der Waals surface area contributed by atoms with Gasteiger partial charge in [0.15, 0.2) is 0 Å². The van der Waals surface area contributed by atoms with E-state index < -0.39 is 5.60 Å². The van der Waals surface area contributed by atoms with Gasteiger partial charge < -0.3 is 15.3 Å². The highest BCUT2D eigenvalue weighted by Crippen LogP contribution is 2.19. The molecular formula is C13H29N3O. The Bertz CT molecular complexity index is 227. The Kier molecular flexibility index (Phi) is 4.95. The first-order valence-corrected chi connectivity index (χ1v) is 6.61. The third kappa shape index (κ3) is 4.54. The molecule has 0 aliphatic carbocycles. The summed E-state index contributed by atoms with van der Waals surface area (Å²) < 4.78 is 0. The van der Waals surface area contributed by atoms with Gasteiger partial charge in [-0.05, 0) is 34.7 Å². The highest BCUT2D eigenvalue weighted by atomic mass is 16.3. The molecule has 2 N–H and O–H groups in total. The monoisotopic (exact) mass is 243 g/mol. The smallest absolute Gasteiger partial charge is 0.0767 e. The topological polar surface area (TPSA) is 38.7 Å². The number of likely N-dealkylation sites (N-methyl/N-ethyl adjacent to an activating group) is 1. The van der Waals surface area contributed by atoms with Gasteiger partial charge in [0.05, 0.1) is 5.60 Å². The fraction of sp³-hybridized carbons (Fsp3) is 1.00. The second-order valence-corrected chi connectivity index (χ2v) is 6.26. The van der Waals surface area contributed by atoms with Crippen LogP contribution >= 0.6 is 0 Å². The van der Waals surface area contributed by atoms with Gasteiger partial charge in [0.2, 0.25) is 0 Å². The van der Waals surface area contributed by atoms with Gasteiger partial charge >= 0.3 is 0 Å². The van der Waals surface area contributed by atoms with Crippen molar-refractivity contribution in [2.75, 3.05) is 46.3 Å². The van der Waals surface area contributed by atoms with E-state index in [9.17, 15) is 5.11 Å². The van der Waals surface area contributed by atoms with Crippen LogP contribution in [0.1, 0.15) is 27.7 Å². The number of hydrogen-bond donors (Lipinski definition) is 2. The summed E-state index contributed by atoms with van der Waals surface area (Å²) in [6.45, 7) is 14.4. The van der Waals surface area contributed by atoms with E-state index >= 15 is 0 Å². The first kappa shape index (κ1) is 14.9. The van der Waals surface area contributed by atoms with Crippen molar-refractivity contribution >= 4 is 0 Å². The Balaban J connectivity index is 2.24. The van der Waals surface area contributed by atoms with Gasteiger partial charge in [-0.15, -0.1) is 0 Å². The normalized spacial score (nSPS) is 20.8. The van der Waals surface area contributed by atoms with Crippen LogP contribution in [0.4, 0.5) is 0 Å². The second-order valence-electron chi connectivity index (χ2n) is 6.26. The summed E-state index contributed by atoms with van der Waals surface area (Å²) >= 11 is 0. The van der Waals surface area contributed by atoms with E-state index in [2.05, 4.69) is 36.0 Å². The van der Waals surface area contributed by atoms with E-state index in [1.54, 1.807) is 0 Å². The molecule has 1 rings (SSSR count). The van der Waals surface area contributed by atoms with Gasteiger partial charge in [0.1, 0.15) is 0 Å². The van der Waals surface area contributed by atoms with E-state index in [1.165, 1.54) is 0 Å². The summed E-state index contributed by atoms with van der Waals surface area (Å²) in [5.74, 6) is 0. The van der Waals surface area contributed by atoms with E-state index in [0.29, 0.717) is 0 Å². The molecule has 4 heteroatoms. The Morgan fingerprint density at radius 1 is 1.06 bits per heavy atom. The zero-order valence-electron chi connectivity index (χ0n) is 12.1. The molecule has 1 saturated heterocycles. The first-order chi connectivity index (χ1) is 7.72. The number of hydrogen-bond acceptors (Lipinski definition) is 4. The molecule has 0 saturated carbocycles. The molecule has 1 heterocycles. The molecular weight excluding hydrogens is 214 g/mol. The van der Waals surface area contributed by atoms with Crippen LogP contribution < -0.4 is 5.32 Å². The van der Waals surface area contributed by atoms with Gasteiger partial charge in [0, 0.05) is 44.8 Å². The van der Waals surface area contributed by atoms with Crippen molar-refractivity contribution in [3.05, 3.63) is 0 Å². The lowest BCUT2D eigenvalue weighted by atomic mass is 9.86. The van der Waals surface area contributed by atoms with Crippen molar-refractivity contribution in [1.29, 1.82) is 0 Å². The predicted molar refractivity (Wildman–Crippen MR) is 72.3 cm³/mol. The fourth-order valence-corrected chi connectivity index (χ4v) is 1.81. The van der Waals surface area contributed by atoms with Crippen molar-refractivity contribution in [3.8, 4) is 0 Å². The van der Waals surface area contributed by atoms with Crippen LogP contribution in [0.2, 0.25) is 0 Å². The zero-order valence-corrected chi connectivity index (χ0v) is 12.1. The van der Waals surface area contributed by atoms with Gasteiger partial charge in [-0.2, -0.15) is 0 Å². The van der Waals surface area contributed by atoms with Crippen LogP contribution in [0.15, 0.2) is 0 Å². The average Bonchev–Trinajstić information content (AvgIpc) is 2.19. The minimum absolute atomic E-state index is 0.250. The van der Waals surface area contributed by atoms with Gasteiger partial charge in [-0.1, -0.05) is 0 Å². The highest BCUT2D eigenvalue weighted by Gasteiger charge is 2.34. The molecule has 4 nitrogen and oxygen atoms in total. The summed E-state index contributed by atoms with van der Waals surface area (Å²) in [6.07, 6.45) is 0. The average molecular weight is 243 g/mol. The number of piperazine rings is 1. The molecule has 0 aromatic heterocycles. The lowest BCUT2D eigenvalue weighted by Crippen LogP contribution is -2.57. The molecule has 0 unspecified atom stereocenters. The lowest BCUT2D eigenvalue weighted by Gasteiger charge is -2.39. The number of nitrogens with one attached hydrogen (secondary N) is 1. The lowest BCUT2D eigenvalue weighted by molar-refractivity contribution is -0.00566. The summed E-state index contributed by atoms with van der Waals surface area (Å²) in [4.78, 5) is 4.85. The Morgan fingerprint density at radius 2 is 1.59 bits per heavy atom. The Hall–Kier alpha value is -0.160. The molecule has 0 aromatic carbocycles. The molecule has 0 amide bonds. The zero-order chi connectivity index (χ0) is 13.1.